The highest BCUT2D eigenvalue weighted by Gasteiger charge is 2.34. The Balaban J connectivity index is 1.97. The fourth-order valence-corrected chi connectivity index (χ4v) is 4.58. The molecule has 2 heterocycles. The summed E-state index contributed by atoms with van der Waals surface area (Å²) in [7, 11) is 0. The van der Waals surface area contributed by atoms with Crippen LogP contribution < -0.4 is 0 Å². The van der Waals surface area contributed by atoms with Crippen LogP contribution in [0.15, 0.2) is 35.7 Å². The zero-order valence-corrected chi connectivity index (χ0v) is 15.1. The lowest BCUT2D eigenvalue weighted by molar-refractivity contribution is -0.144. The third-order valence-corrected chi connectivity index (χ3v) is 5.94. The van der Waals surface area contributed by atoms with Crippen LogP contribution in [-0.4, -0.2) is 29.1 Å². The standard InChI is InChI=1S/C19H20F3NO2S/c1-12-8-10-26-17(12)16(23-9-2-3-14(11-23)18(24)25)13-4-6-15(7-5-13)19(20,21)22/h4-8,10,14,16H,2-3,9,11H2,1H3,(H,24,25). The van der Waals surface area contributed by atoms with Gasteiger partial charge in [0, 0.05) is 11.4 Å². The maximum Gasteiger partial charge on any atom is 0.416 e. The number of rotatable bonds is 4. The Morgan fingerprint density at radius 2 is 1.96 bits per heavy atom. The van der Waals surface area contributed by atoms with Gasteiger partial charge < -0.3 is 5.11 Å². The van der Waals surface area contributed by atoms with Crippen molar-refractivity contribution in [2.75, 3.05) is 13.1 Å². The van der Waals surface area contributed by atoms with Gasteiger partial charge in [0.05, 0.1) is 17.5 Å². The topological polar surface area (TPSA) is 40.5 Å². The lowest BCUT2D eigenvalue weighted by Crippen LogP contribution is -2.41. The number of carboxylic acids is 1. The smallest absolute Gasteiger partial charge is 0.416 e. The summed E-state index contributed by atoms with van der Waals surface area (Å²) in [5.41, 5.74) is 1.15. The number of likely N-dealkylation sites (tertiary alicyclic amines) is 1. The largest absolute Gasteiger partial charge is 0.481 e. The van der Waals surface area contributed by atoms with Crippen molar-refractivity contribution in [2.24, 2.45) is 5.92 Å². The number of halogens is 3. The zero-order valence-electron chi connectivity index (χ0n) is 14.3. The van der Waals surface area contributed by atoms with Gasteiger partial charge >= 0.3 is 12.1 Å². The lowest BCUT2D eigenvalue weighted by atomic mass is 9.93. The quantitative estimate of drug-likeness (QED) is 0.811. The first-order valence-corrected chi connectivity index (χ1v) is 9.33. The van der Waals surface area contributed by atoms with Crippen molar-refractivity contribution in [1.82, 2.24) is 4.90 Å². The molecule has 2 atom stereocenters. The van der Waals surface area contributed by atoms with Crippen LogP contribution in [0.3, 0.4) is 0 Å². The van der Waals surface area contributed by atoms with Gasteiger partial charge in [-0.05, 0) is 61.0 Å². The fraction of sp³-hybridized carbons (Fsp3) is 0.421. The molecule has 0 amide bonds. The normalized spacial score (nSPS) is 20.1. The molecule has 1 aliphatic heterocycles. The Morgan fingerprint density at radius 1 is 1.27 bits per heavy atom. The van der Waals surface area contributed by atoms with E-state index < -0.39 is 23.6 Å². The summed E-state index contributed by atoms with van der Waals surface area (Å²) in [5.74, 6) is -1.26. The average Bonchev–Trinajstić information content (AvgIpc) is 3.01. The number of nitrogens with zero attached hydrogens (tertiary/aromatic N) is 1. The van der Waals surface area contributed by atoms with Crippen LogP contribution in [0.2, 0.25) is 0 Å². The second-order valence-electron chi connectivity index (χ2n) is 6.66. The van der Waals surface area contributed by atoms with Crippen LogP contribution in [0.5, 0.6) is 0 Å². The van der Waals surface area contributed by atoms with Gasteiger partial charge in [0.2, 0.25) is 0 Å². The van der Waals surface area contributed by atoms with Gasteiger partial charge in [-0.25, -0.2) is 0 Å². The summed E-state index contributed by atoms with van der Waals surface area (Å²) < 4.78 is 38.6. The first-order valence-electron chi connectivity index (χ1n) is 8.45. The maximum atomic E-state index is 12.9. The molecule has 3 rings (SSSR count). The monoisotopic (exact) mass is 383 g/mol. The molecule has 1 aliphatic rings. The van der Waals surface area contributed by atoms with E-state index in [1.54, 1.807) is 11.3 Å². The number of aliphatic carboxylic acids is 1. The zero-order chi connectivity index (χ0) is 18.9. The second kappa shape index (κ2) is 7.40. The Labute approximate surface area is 154 Å². The third-order valence-electron chi connectivity index (χ3n) is 4.87. The number of carbonyl (C=O) groups is 1. The van der Waals surface area contributed by atoms with Gasteiger partial charge in [0.15, 0.2) is 0 Å². The van der Waals surface area contributed by atoms with Crippen molar-refractivity contribution in [3.63, 3.8) is 0 Å². The number of thiophene rings is 1. The van der Waals surface area contributed by atoms with Crippen LogP contribution in [-0.2, 0) is 11.0 Å². The van der Waals surface area contributed by atoms with E-state index in [0.717, 1.165) is 41.1 Å². The molecular formula is C19H20F3NO2S. The molecule has 0 saturated carbocycles. The maximum absolute atomic E-state index is 12.9. The SMILES string of the molecule is Cc1ccsc1C(c1ccc(C(F)(F)F)cc1)N1CCCC(C(=O)O)C1. The van der Waals surface area contributed by atoms with E-state index >= 15 is 0 Å². The number of hydrogen-bond acceptors (Lipinski definition) is 3. The van der Waals surface area contributed by atoms with Crippen molar-refractivity contribution in [3.8, 4) is 0 Å². The molecule has 1 aromatic carbocycles. The number of aryl methyl sites for hydroxylation is 1. The minimum atomic E-state index is -4.37. The Bertz CT molecular complexity index is 770. The van der Waals surface area contributed by atoms with E-state index in [1.165, 1.54) is 12.1 Å². The van der Waals surface area contributed by atoms with E-state index in [0.29, 0.717) is 13.0 Å². The van der Waals surface area contributed by atoms with Crippen molar-refractivity contribution >= 4 is 17.3 Å². The summed E-state index contributed by atoms with van der Waals surface area (Å²) in [5, 5.41) is 11.3. The van der Waals surface area contributed by atoms with Crippen LogP contribution in [0, 0.1) is 12.8 Å². The predicted molar refractivity (Wildman–Crippen MR) is 94.3 cm³/mol. The Kier molecular flexibility index (Phi) is 5.39. The van der Waals surface area contributed by atoms with Crippen molar-refractivity contribution in [2.45, 2.75) is 32.0 Å². The Hall–Kier alpha value is -1.86. The molecular weight excluding hydrogens is 363 g/mol. The van der Waals surface area contributed by atoms with Crippen LogP contribution >= 0.6 is 11.3 Å². The molecule has 0 bridgehead atoms. The highest BCUT2D eigenvalue weighted by Crippen LogP contribution is 2.38. The molecule has 140 valence electrons. The number of benzene rings is 1. The second-order valence-corrected chi connectivity index (χ2v) is 7.61. The number of hydrogen-bond donors (Lipinski definition) is 1. The first kappa shape index (κ1) is 18.9. The number of carboxylic acid groups (broad SMARTS) is 1. The summed E-state index contributed by atoms with van der Waals surface area (Å²) in [6, 6.07) is 6.98. The van der Waals surface area contributed by atoms with Gasteiger partial charge in [-0.2, -0.15) is 13.2 Å². The highest BCUT2D eigenvalue weighted by atomic mass is 32.1. The summed E-state index contributed by atoms with van der Waals surface area (Å²) in [6.45, 7) is 3.10. The fourth-order valence-electron chi connectivity index (χ4n) is 3.49. The van der Waals surface area contributed by atoms with E-state index in [4.69, 9.17) is 0 Å². The summed E-state index contributed by atoms with van der Waals surface area (Å²) in [6.07, 6.45) is -2.97. The van der Waals surface area contributed by atoms with E-state index in [1.807, 2.05) is 18.4 Å². The molecule has 2 unspecified atom stereocenters. The number of piperidine rings is 1. The number of alkyl halides is 3. The van der Waals surface area contributed by atoms with Gasteiger partial charge in [-0.15, -0.1) is 11.3 Å². The molecule has 0 aliphatic carbocycles. The van der Waals surface area contributed by atoms with Crippen molar-refractivity contribution in [3.05, 3.63) is 57.3 Å². The molecule has 2 aromatic rings. The summed E-state index contributed by atoms with van der Waals surface area (Å²) >= 11 is 1.55. The molecule has 1 aromatic heterocycles. The minimum absolute atomic E-state index is 0.223. The van der Waals surface area contributed by atoms with Crippen LogP contribution in [0.1, 0.15) is 40.5 Å². The molecule has 1 saturated heterocycles. The highest BCUT2D eigenvalue weighted by molar-refractivity contribution is 7.10. The van der Waals surface area contributed by atoms with E-state index in [-0.39, 0.29) is 6.04 Å². The molecule has 26 heavy (non-hydrogen) atoms. The molecule has 0 radical (unpaired) electrons. The van der Waals surface area contributed by atoms with Gasteiger partial charge in [-0.1, -0.05) is 12.1 Å². The van der Waals surface area contributed by atoms with Crippen molar-refractivity contribution in [1.29, 1.82) is 0 Å². The van der Waals surface area contributed by atoms with E-state index in [9.17, 15) is 23.1 Å². The van der Waals surface area contributed by atoms with E-state index in [2.05, 4.69) is 4.90 Å². The first-order chi connectivity index (χ1) is 12.3. The lowest BCUT2D eigenvalue weighted by Gasteiger charge is -2.37. The molecule has 1 fully saturated rings. The molecule has 7 heteroatoms. The minimum Gasteiger partial charge on any atom is -0.481 e. The van der Waals surface area contributed by atoms with Gasteiger partial charge in [-0.3, -0.25) is 9.69 Å². The predicted octanol–water partition coefficient (Wildman–Crippen LogP) is 4.96. The average molecular weight is 383 g/mol. The Morgan fingerprint density at radius 3 is 2.50 bits per heavy atom. The van der Waals surface area contributed by atoms with Crippen LogP contribution in [0.4, 0.5) is 13.2 Å². The summed E-state index contributed by atoms with van der Waals surface area (Å²) in [4.78, 5) is 14.6. The third kappa shape index (κ3) is 3.94. The molecule has 3 nitrogen and oxygen atoms in total. The van der Waals surface area contributed by atoms with Crippen LogP contribution in [0.25, 0.3) is 0 Å². The molecule has 1 N–H and O–H groups in total. The van der Waals surface area contributed by atoms with Gasteiger partial charge in [0.1, 0.15) is 0 Å². The van der Waals surface area contributed by atoms with Gasteiger partial charge in [0.25, 0.3) is 0 Å². The molecule has 0 spiro atoms. The van der Waals surface area contributed by atoms with Crippen molar-refractivity contribution < 1.29 is 23.1 Å².